The lowest BCUT2D eigenvalue weighted by molar-refractivity contribution is -0.134. The summed E-state index contributed by atoms with van der Waals surface area (Å²) in [4.78, 5) is 117. The second-order valence-corrected chi connectivity index (χ2v) is 22.3. The predicted molar refractivity (Wildman–Crippen MR) is 328 cm³/mol. The van der Waals surface area contributed by atoms with Crippen LogP contribution < -0.4 is 66.0 Å². The Morgan fingerprint density at radius 1 is 0.621 bits per heavy atom. The minimum Gasteiger partial charge on any atom is -0.508 e. The van der Waals surface area contributed by atoms with Crippen LogP contribution in [-0.2, 0) is 43.0 Å². The van der Waals surface area contributed by atoms with E-state index in [1.807, 2.05) is 0 Å². The van der Waals surface area contributed by atoms with Crippen LogP contribution in [0.2, 0.25) is 0 Å². The number of carboxylic acid groups (broad SMARTS) is 1. The van der Waals surface area contributed by atoms with Crippen LogP contribution in [0.25, 0.3) is 33.4 Å². The van der Waals surface area contributed by atoms with E-state index >= 15 is 0 Å². The summed E-state index contributed by atoms with van der Waals surface area (Å²) in [5.41, 5.74) is 27.4. The molecule has 0 saturated heterocycles. The highest BCUT2D eigenvalue weighted by Crippen LogP contribution is 2.42. The van der Waals surface area contributed by atoms with Crippen LogP contribution in [0.15, 0.2) is 63.8 Å². The Balaban J connectivity index is 1.12. The highest BCUT2D eigenvalue weighted by molar-refractivity contribution is 6.09. The van der Waals surface area contributed by atoms with Crippen LogP contribution >= 0.6 is 0 Å². The molecule has 18 N–H and O–H groups in total. The Morgan fingerprint density at radius 2 is 1.23 bits per heavy atom. The van der Waals surface area contributed by atoms with Crippen molar-refractivity contribution in [2.45, 2.75) is 140 Å². The fraction of sp³-hybridized carbons (Fsp3) is 0.557. The summed E-state index contributed by atoms with van der Waals surface area (Å²) in [6.45, 7) is 8.47. The average molecular weight is 1220 g/mol. The number of phenols is 1. The molecule has 0 radical (unpaired) electrons. The first kappa shape index (κ1) is 72.2. The number of aromatic carboxylic acids is 1. The molecule has 0 aromatic heterocycles. The number of amides is 5. The van der Waals surface area contributed by atoms with Crippen LogP contribution in [0.5, 0.6) is 5.75 Å². The summed E-state index contributed by atoms with van der Waals surface area (Å²) in [6, 6.07) is 9.22. The molecule has 26 nitrogen and oxygen atoms in total. The van der Waals surface area contributed by atoms with Gasteiger partial charge in [-0.3, -0.25) is 43.7 Å². The Bertz CT molecular complexity index is 2950. The molecule has 1 aliphatic heterocycles. The normalized spacial score (nSPS) is 13.1. The SMILES string of the molecule is CC(C)(NC(CCCCNC(=O)c1ccc(-c2c3ccc(=O)cc-3oc3cc(O)ccc23)c(C(=O)O)c1)C(N)=O)C(=O)COCC(=O)NCCOCCOCCNC(C)(C)C(=O)C(CCCCN)NC(=O)C(CCCCN)NC(=O)C(N)CCCCN. The number of ether oxygens (including phenoxy) is 3. The minimum absolute atomic E-state index is 0.0721. The van der Waals surface area contributed by atoms with Crippen molar-refractivity contribution in [1.82, 2.24) is 31.9 Å². The first-order valence-corrected chi connectivity index (χ1v) is 29.7. The maximum atomic E-state index is 13.9. The number of primary amides is 1. The van der Waals surface area contributed by atoms with E-state index in [0.717, 1.165) is 6.42 Å². The number of carbonyl (C=O) groups excluding carboxylic acids is 7. The number of benzene rings is 3. The predicted octanol–water partition coefficient (Wildman–Crippen LogP) is 1.45. The summed E-state index contributed by atoms with van der Waals surface area (Å²) in [5.74, 6) is -4.58. The van der Waals surface area contributed by atoms with Crippen molar-refractivity contribution in [1.29, 1.82) is 0 Å². The molecule has 0 bridgehead atoms. The maximum Gasteiger partial charge on any atom is 0.336 e. The van der Waals surface area contributed by atoms with Gasteiger partial charge in [0.2, 0.25) is 23.6 Å². The van der Waals surface area contributed by atoms with Crippen LogP contribution in [0, 0.1) is 0 Å². The topological polar surface area (TPSA) is 437 Å². The molecule has 87 heavy (non-hydrogen) atoms. The number of nitrogens with one attached hydrogen (secondary N) is 6. The number of aromatic hydroxyl groups is 1. The fourth-order valence-corrected chi connectivity index (χ4v) is 9.53. The van der Waals surface area contributed by atoms with E-state index in [4.69, 9.17) is 47.3 Å². The molecule has 2 aliphatic rings. The number of carbonyl (C=O) groups is 8. The number of fused-ring (bicyclic) bond motifs is 2. The first-order valence-electron chi connectivity index (χ1n) is 29.7. The number of phenolic OH excluding ortho intramolecular Hbond substituents is 1. The standard InChI is InChI=1S/C61H91N11O15/c1-60(2,72-47(55(66)78)15-8-12-26-68-56(79)38-17-20-41(44(33-38)59(82)83)53-42-21-18-39(73)34-49(42)87-50-35-40(74)19-22-43(50)53)51(75)36-86-37-52(76)67-27-29-84-31-32-85-30-28-69-61(3,4)54(77)46(14-6-10-24-63)70-58(81)48(16-7-11-25-64)71-57(80)45(65)13-5-9-23-62/h17-22,33-35,45-48,69,72-73H,5-16,23-32,36-37,62-65H2,1-4H3,(H2,66,78)(H,67,76)(H,68,79)(H,70,81)(H,71,80)(H,82,83). The lowest BCUT2D eigenvalue weighted by atomic mass is 9.90. The highest BCUT2D eigenvalue weighted by atomic mass is 16.5. The summed E-state index contributed by atoms with van der Waals surface area (Å²) in [5, 5.41) is 38.2. The van der Waals surface area contributed by atoms with Gasteiger partial charge in [-0.25, -0.2) is 4.79 Å². The van der Waals surface area contributed by atoms with Crippen LogP contribution in [0.4, 0.5) is 0 Å². The van der Waals surface area contributed by atoms with E-state index in [2.05, 4.69) is 31.9 Å². The molecule has 4 unspecified atom stereocenters. The zero-order chi connectivity index (χ0) is 64.1. The Labute approximate surface area is 507 Å². The van der Waals surface area contributed by atoms with Crippen LogP contribution in [-0.4, -0.2) is 171 Å². The molecule has 2 aromatic rings. The first-order chi connectivity index (χ1) is 41.4. The monoisotopic (exact) mass is 1220 g/mol. The van der Waals surface area contributed by atoms with Crippen molar-refractivity contribution in [3.05, 3.63) is 75.9 Å². The average Bonchev–Trinajstić information content (AvgIpc) is 0.804. The third-order valence-corrected chi connectivity index (χ3v) is 14.5. The van der Waals surface area contributed by atoms with Crippen molar-refractivity contribution >= 4 is 58.0 Å². The fourth-order valence-electron chi connectivity index (χ4n) is 9.53. The third-order valence-electron chi connectivity index (χ3n) is 14.5. The molecule has 2 aromatic carbocycles. The zero-order valence-electron chi connectivity index (χ0n) is 50.6. The molecule has 480 valence electrons. The minimum atomic E-state index is -1.31. The van der Waals surface area contributed by atoms with Gasteiger partial charge in [-0.2, -0.15) is 0 Å². The van der Waals surface area contributed by atoms with Gasteiger partial charge in [-0.05, 0) is 160 Å². The number of hydrogen-bond acceptors (Lipinski definition) is 20. The van der Waals surface area contributed by atoms with E-state index in [1.165, 1.54) is 48.5 Å². The van der Waals surface area contributed by atoms with Crippen molar-refractivity contribution < 1.29 is 67.2 Å². The highest BCUT2D eigenvalue weighted by Gasteiger charge is 2.36. The van der Waals surface area contributed by atoms with Gasteiger partial charge in [0, 0.05) is 53.8 Å². The van der Waals surface area contributed by atoms with Gasteiger partial charge in [0.1, 0.15) is 36.3 Å². The van der Waals surface area contributed by atoms with Gasteiger partial charge in [-0.15, -0.1) is 0 Å². The quantitative estimate of drug-likeness (QED) is 0.0220. The number of hydrogen-bond donors (Lipinski definition) is 13. The molecule has 0 fully saturated rings. The maximum absolute atomic E-state index is 13.9. The molecule has 1 aliphatic carbocycles. The number of unbranched alkanes of at least 4 members (excludes halogenated alkanes) is 4. The molecule has 4 atom stereocenters. The summed E-state index contributed by atoms with van der Waals surface area (Å²) < 4.78 is 22.5. The van der Waals surface area contributed by atoms with Gasteiger partial charge in [0.05, 0.1) is 61.2 Å². The van der Waals surface area contributed by atoms with Crippen molar-refractivity contribution in [3.63, 3.8) is 0 Å². The van der Waals surface area contributed by atoms with Gasteiger partial charge in [0.15, 0.2) is 17.0 Å². The van der Waals surface area contributed by atoms with E-state index in [9.17, 15) is 53.4 Å². The zero-order valence-corrected chi connectivity index (χ0v) is 50.6. The molecule has 0 saturated carbocycles. The van der Waals surface area contributed by atoms with Gasteiger partial charge in [-0.1, -0.05) is 12.5 Å². The summed E-state index contributed by atoms with van der Waals surface area (Å²) >= 11 is 0. The molecule has 0 spiro atoms. The van der Waals surface area contributed by atoms with Gasteiger partial charge >= 0.3 is 5.97 Å². The number of ketones is 2. The van der Waals surface area contributed by atoms with E-state index in [1.54, 1.807) is 33.8 Å². The molecule has 1 heterocycles. The molecular weight excluding hydrogens is 1130 g/mol. The number of rotatable bonds is 44. The molecular formula is C61H91N11O15. The second-order valence-electron chi connectivity index (χ2n) is 22.3. The van der Waals surface area contributed by atoms with Crippen molar-refractivity contribution in [3.8, 4) is 28.2 Å². The van der Waals surface area contributed by atoms with Crippen LogP contribution in [0.3, 0.4) is 0 Å². The van der Waals surface area contributed by atoms with E-state index in [0.29, 0.717) is 107 Å². The van der Waals surface area contributed by atoms with Gasteiger partial charge in [0.25, 0.3) is 5.91 Å². The lowest BCUT2D eigenvalue weighted by Crippen LogP contribution is -2.59. The smallest absolute Gasteiger partial charge is 0.336 e. The Hall–Kier alpha value is -7.27. The molecule has 5 amide bonds. The largest absolute Gasteiger partial charge is 0.508 e. The van der Waals surface area contributed by atoms with Gasteiger partial charge < -0.3 is 84.1 Å². The van der Waals surface area contributed by atoms with Crippen LogP contribution in [0.1, 0.15) is 125 Å². The third kappa shape index (κ3) is 23.7. The Morgan fingerprint density at radius 3 is 1.89 bits per heavy atom. The van der Waals surface area contributed by atoms with E-state index < -0.39 is 89.7 Å². The Kier molecular flexibility index (Phi) is 30.5. The summed E-state index contributed by atoms with van der Waals surface area (Å²) in [6.07, 6.45) is 5.98. The van der Waals surface area contributed by atoms with Crippen molar-refractivity contribution in [2.75, 3.05) is 78.9 Å². The second kappa shape index (κ2) is 36.8. The van der Waals surface area contributed by atoms with Crippen molar-refractivity contribution in [2.24, 2.45) is 28.7 Å². The molecule has 4 rings (SSSR count). The number of Topliss-reactive ketones (excluding diaryl/α,β-unsaturated/α-hetero) is 2. The van der Waals surface area contributed by atoms with E-state index in [-0.39, 0.29) is 90.9 Å². The summed E-state index contributed by atoms with van der Waals surface area (Å²) in [7, 11) is 0. The number of carboxylic acids is 1. The number of nitrogens with two attached hydrogens (primary N) is 5. The molecule has 26 heteroatoms. The lowest BCUT2D eigenvalue weighted by Gasteiger charge is -2.31.